The van der Waals surface area contributed by atoms with Gasteiger partial charge in [-0.3, -0.25) is 0 Å². The first-order valence-electron chi connectivity index (χ1n) is 5.45. The van der Waals surface area contributed by atoms with Crippen molar-refractivity contribution in [1.29, 1.82) is 0 Å². The third-order valence-corrected chi connectivity index (χ3v) is 2.91. The number of hydrogen-bond donors (Lipinski definition) is 1. The van der Waals surface area contributed by atoms with Crippen LogP contribution < -0.4 is 5.32 Å². The van der Waals surface area contributed by atoms with E-state index in [9.17, 15) is 0 Å². The zero-order chi connectivity index (χ0) is 10.6. The fraction of sp³-hybridized carbons (Fsp3) is 0.538. The van der Waals surface area contributed by atoms with Gasteiger partial charge in [0.2, 0.25) is 0 Å². The SMILES string of the molecule is CCNc1ccccc1C(C)(C)CC. The van der Waals surface area contributed by atoms with Crippen molar-refractivity contribution in [2.75, 3.05) is 11.9 Å². The predicted octanol–water partition coefficient (Wildman–Crippen LogP) is 3.81. The maximum Gasteiger partial charge on any atom is 0.0378 e. The molecule has 0 aromatic heterocycles. The van der Waals surface area contributed by atoms with Crippen molar-refractivity contribution >= 4 is 5.69 Å². The van der Waals surface area contributed by atoms with Gasteiger partial charge in [0.1, 0.15) is 0 Å². The lowest BCUT2D eigenvalue weighted by molar-refractivity contribution is 0.507. The molecule has 0 aliphatic rings. The highest BCUT2D eigenvalue weighted by Crippen LogP contribution is 2.32. The van der Waals surface area contributed by atoms with E-state index in [2.05, 4.69) is 57.3 Å². The molecule has 1 heteroatoms. The van der Waals surface area contributed by atoms with Gasteiger partial charge >= 0.3 is 0 Å². The van der Waals surface area contributed by atoms with Crippen molar-refractivity contribution in [3.63, 3.8) is 0 Å². The van der Waals surface area contributed by atoms with Gasteiger partial charge in [0.25, 0.3) is 0 Å². The van der Waals surface area contributed by atoms with Gasteiger partial charge in [-0.2, -0.15) is 0 Å². The summed E-state index contributed by atoms with van der Waals surface area (Å²) in [5.74, 6) is 0. The number of para-hydroxylation sites is 1. The summed E-state index contributed by atoms with van der Waals surface area (Å²) in [6.45, 7) is 9.95. The maximum absolute atomic E-state index is 3.42. The van der Waals surface area contributed by atoms with Crippen LogP contribution in [0.4, 0.5) is 5.69 Å². The molecule has 0 amide bonds. The highest BCUT2D eigenvalue weighted by atomic mass is 14.9. The lowest BCUT2D eigenvalue weighted by Gasteiger charge is -2.26. The number of nitrogens with one attached hydrogen (secondary N) is 1. The van der Waals surface area contributed by atoms with Crippen LogP contribution in [0.1, 0.15) is 39.7 Å². The number of rotatable bonds is 4. The quantitative estimate of drug-likeness (QED) is 0.763. The highest BCUT2D eigenvalue weighted by Gasteiger charge is 2.20. The highest BCUT2D eigenvalue weighted by molar-refractivity contribution is 5.54. The van der Waals surface area contributed by atoms with E-state index < -0.39 is 0 Å². The van der Waals surface area contributed by atoms with Crippen LogP contribution >= 0.6 is 0 Å². The monoisotopic (exact) mass is 191 g/mol. The van der Waals surface area contributed by atoms with E-state index in [0.717, 1.165) is 13.0 Å². The smallest absolute Gasteiger partial charge is 0.0378 e. The minimum Gasteiger partial charge on any atom is -0.385 e. The normalized spacial score (nSPS) is 11.4. The fourth-order valence-corrected chi connectivity index (χ4v) is 1.61. The lowest BCUT2D eigenvalue weighted by Crippen LogP contribution is -2.18. The summed E-state index contributed by atoms with van der Waals surface area (Å²) >= 11 is 0. The van der Waals surface area contributed by atoms with Crippen LogP contribution in [0.3, 0.4) is 0 Å². The Morgan fingerprint density at radius 1 is 1.14 bits per heavy atom. The molecule has 78 valence electrons. The number of hydrogen-bond acceptors (Lipinski definition) is 1. The van der Waals surface area contributed by atoms with Gasteiger partial charge in [0, 0.05) is 12.2 Å². The van der Waals surface area contributed by atoms with Gasteiger partial charge < -0.3 is 5.32 Å². The molecule has 0 radical (unpaired) electrons. The van der Waals surface area contributed by atoms with Gasteiger partial charge in [-0.25, -0.2) is 0 Å². The second-order valence-electron chi connectivity index (χ2n) is 4.31. The second kappa shape index (κ2) is 4.50. The largest absolute Gasteiger partial charge is 0.385 e. The molecule has 0 saturated heterocycles. The molecule has 0 bridgehead atoms. The first kappa shape index (κ1) is 11.1. The molecule has 1 aromatic carbocycles. The molecule has 1 rings (SSSR count). The van der Waals surface area contributed by atoms with Crippen LogP contribution in [0.15, 0.2) is 24.3 Å². The summed E-state index contributed by atoms with van der Waals surface area (Å²) in [6.07, 6.45) is 1.16. The van der Waals surface area contributed by atoms with Crippen molar-refractivity contribution < 1.29 is 0 Å². The molecule has 1 nitrogen and oxygen atoms in total. The summed E-state index contributed by atoms with van der Waals surface area (Å²) in [5.41, 5.74) is 2.96. The molecule has 0 fully saturated rings. The van der Waals surface area contributed by atoms with Gasteiger partial charge in [-0.1, -0.05) is 39.0 Å². The topological polar surface area (TPSA) is 12.0 Å². The second-order valence-corrected chi connectivity index (χ2v) is 4.31. The third-order valence-electron chi connectivity index (χ3n) is 2.91. The first-order chi connectivity index (χ1) is 6.61. The Labute approximate surface area is 87.5 Å². The summed E-state index contributed by atoms with van der Waals surface area (Å²) in [4.78, 5) is 0. The Morgan fingerprint density at radius 3 is 2.36 bits per heavy atom. The Bertz CT molecular complexity index is 289. The molecule has 0 spiro atoms. The van der Waals surface area contributed by atoms with Gasteiger partial charge in [-0.15, -0.1) is 0 Å². The minimum atomic E-state index is 0.263. The molecular weight excluding hydrogens is 170 g/mol. The van der Waals surface area contributed by atoms with Gasteiger partial charge in [0.05, 0.1) is 0 Å². The molecule has 0 unspecified atom stereocenters. The Morgan fingerprint density at radius 2 is 1.79 bits per heavy atom. The van der Waals surface area contributed by atoms with E-state index in [1.807, 2.05) is 0 Å². The number of anilines is 1. The van der Waals surface area contributed by atoms with E-state index in [-0.39, 0.29) is 5.41 Å². The summed E-state index contributed by atoms with van der Waals surface area (Å²) < 4.78 is 0. The van der Waals surface area contributed by atoms with Crippen LogP contribution in [0, 0.1) is 0 Å². The molecule has 0 heterocycles. The Kier molecular flexibility index (Phi) is 3.56. The van der Waals surface area contributed by atoms with Crippen LogP contribution in [0.5, 0.6) is 0 Å². The fourth-order valence-electron chi connectivity index (χ4n) is 1.61. The van der Waals surface area contributed by atoms with Crippen molar-refractivity contribution in [1.82, 2.24) is 0 Å². The molecule has 0 aliphatic heterocycles. The molecule has 0 saturated carbocycles. The van der Waals surface area contributed by atoms with E-state index in [1.54, 1.807) is 0 Å². The standard InChI is InChI=1S/C13H21N/c1-5-13(3,4)11-9-7-8-10-12(11)14-6-2/h7-10,14H,5-6H2,1-4H3. The average molecular weight is 191 g/mol. The zero-order valence-electron chi connectivity index (χ0n) is 9.72. The molecule has 1 aromatic rings. The average Bonchev–Trinajstić information content (AvgIpc) is 2.19. The summed E-state index contributed by atoms with van der Waals surface area (Å²) in [6, 6.07) is 8.60. The van der Waals surface area contributed by atoms with Crippen LogP contribution in [0.2, 0.25) is 0 Å². The van der Waals surface area contributed by atoms with Crippen LogP contribution in [-0.2, 0) is 5.41 Å². The maximum atomic E-state index is 3.42. The van der Waals surface area contributed by atoms with Gasteiger partial charge in [0.15, 0.2) is 0 Å². The van der Waals surface area contributed by atoms with Crippen molar-refractivity contribution in [3.8, 4) is 0 Å². The summed E-state index contributed by atoms with van der Waals surface area (Å²) in [5, 5.41) is 3.42. The molecular formula is C13H21N. The Hall–Kier alpha value is -0.980. The zero-order valence-corrected chi connectivity index (χ0v) is 9.72. The predicted molar refractivity (Wildman–Crippen MR) is 63.9 cm³/mol. The molecule has 14 heavy (non-hydrogen) atoms. The minimum absolute atomic E-state index is 0.263. The molecule has 0 aliphatic carbocycles. The van der Waals surface area contributed by atoms with E-state index in [1.165, 1.54) is 11.3 Å². The van der Waals surface area contributed by atoms with Crippen molar-refractivity contribution in [2.24, 2.45) is 0 Å². The van der Waals surface area contributed by atoms with Crippen LogP contribution in [-0.4, -0.2) is 6.54 Å². The molecule has 0 atom stereocenters. The van der Waals surface area contributed by atoms with E-state index >= 15 is 0 Å². The summed E-state index contributed by atoms with van der Waals surface area (Å²) in [7, 11) is 0. The third kappa shape index (κ3) is 2.28. The van der Waals surface area contributed by atoms with E-state index in [0.29, 0.717) is 0 Å². The Balaban J connectivity index is 3.06. The molecule has 1 N–H and O–H groups in total. The number of benzene rings is 1. The van der Waals surface area contributed by atoms with Crippen molar-refractivity contribution in [3.05, 3.63) is 29.8 Å². The van der Waals surface area contributed by atoms with E-state index in [4.69, 9.17) is 0 Å². The van der Waals surface area contributed by atoms with Gasteiger partial charge in [-0.05, 0) is 30.4 Å². The lowest BCUT2D eigenvalue weighted by atomic mass is 9.81. The first-order valence-corrected chi connectivity index (χ1v) is 5.45. The van der Waals surface area contributed by atoms with Crippen LogP contribution in [0.25, 0.3) is 0 Å². The van der Waals surface area contributed by atoms with Crippen molar-refractivity contribution in [2.45, 2.75) is 39.5 Å².